The minimum atomic E-state index is -2.68. The molecule has 196 valence electrons. The molecule has 1 aliphatic rings. The van der Waals surface area contributed by atoms with Crippen molar-refractivity contribution in [2.45, 2.75) is 71.8 Å². The summed E-state index contributed by atoms with van der Waals surface area (Å²) in [6.45, 7) is 9.74. The second kappa shape index (κ2) is 13.9. The van der Waals surface area contributed by atoms with Crippen molar-refractivity contribution < 1.29 is 8.78 Å². The zero-order chi connectivity index (χ0) is 27.5. The Morgan fingerprint density at radius 1 is 1.14 bits per heavy atom. The minimum Gasteiger partial charge on any atom is -0.363 e. The Labute approximate surface area is 215 Å². The smallest absolute Gasteiger partial charge is 0.280 e. The maximum Gasteiger partial charge on any atom is 0.280 e. The van der Waals surface area contributed by atoms with Crippen molar-refractivity contribution in [1.29, 1.82) is 10.7 Å². The summed E-state index contributed by atoms with van der Waals surface area (Å²) >= 11 is 0. The van der Waals surface area contributed by atoms with E-state index in [1.54, 1.807) is 31.5 Å². The van der Waals surface area contributed by atoms with E-state index in [0.29, 0.717) is 17.2 Å². The number of rotatable bonds is 7. The molecule has 0 radical (unpaired) electrons. The molecule has 0 bridgehead atoms. The van der Waals surface area contributed by atoms with E-state index >= 15 is 0 Å². The third-order valence-corrected chi connectivity index (χ3v) is 5.73. The molecule has 0 saturated heterocycles. The largest absolute Gasteiger partial charge is 0.363 e. The van der Waals surface area contributed by atoms with Crippen LogP contribution in [0.5, 0.6) is 0 Å². The lowest BCUT2D eigenvalue weighted by Gasteiger charge is -2.34. The Kier molecular flexibility index (Phi) is 10.9. The normalized spacial score (nSPS) is 16.6. The van der Waals surface area contributed by atoms with Gasteiger partial charge in [-0.25, -0.2) is 23.7 Å². The molecule has 3 atom stereocenters. The van der Waals surface area contributed by atoms with Gasteiger partial charge in [-0.1, -0.05) is 33.8 Å². The van der Waals surface area contributed by atoms with Crippen molar-refractivity contribution in [1.82, 2.24) is 24.9 Å². The SMILES string of the molecule is CC.CC.CC(Nc1nc(C2CCC2c2ncccn2)[nH]c(=O)c1C(=N)C#N)c1ccc(C(F)F)nc1. The number of anilines is 1. The summed E-state index contributed by atoms with van der Waals surface area (Å²) in [4.78, 5) is 32.5. The van der Waals surface area contributed by atoms with Crippen molar-refractivity contribution in [2.24, 2.45) is 0 Å². The number of hydrogen-bond acceptors (Lipinski definition) is 8. The predicted molar refractivity (Wildman–Crippen MR) is 138 cm³/mol. The zero-order valence-electron chi connectivity index (χ0n) is 21.6. The number of nitriles is 1. The first-order chi connectivity index (χ1) is 17.9. The van der Waals surface area contributed by atoms with Gasteiger partial charge in [-0.15, -0.1) is 0 Å². The Morgan fingerprint density at radius 3 is 2.30 bits per heavy atom. The topological polar surface area (TPSA) is 144 Å². The van der Waals surface area contributed by atoms with Gasteiger partial charge in [-0.3, -0.25) is 15.2 Å². The van der Waals surface area contributed by atoms with Gasteiger partial charge in [0.25, 0.3) is 12.0 Å². The fraction of sp³-hybridized carbons (Fsp3) is 0.423. The number of halogens is 2. The van der Waals surface area contributed by atoms with Crippen molar-refractivity contribution in [3.8, 4) is 6.07 Å². The van der Waals surface area contributed by atoms with Gasteiger partial charge in [-0.05, 0) is 37.5 Å². The second-order valence-corrected chi connectivity index (χ2v) is 7.74. The number of aromatic nitrogens is 5. The molecule has 11 heteroatoms. The van der Waals surface area contributed by atoms with E-state index < -0.39 is 23.7 Å². The van der Waals surface area contributed by atoms with Crippen molar-refractivity contribution >= 4 is 11.5 Å². The van der Waals surface area contributed by atoms with Crippen LogP contribution in [0.2, 0.25) is 0 Å². The Morgan fingerprint density at radius 2 is 1.78 bits per heavy atom. The molecule has 0 spiro atoms. The summed E-state index contributed by atoms with van der Waals surface area (Å²) in [5.74, 6) is 1.03. The maximum absolute atomic E-state index is 12.8. The number of nitrogens with zero attached hydrogens (tertiary/aromatic N) is 5. The lowest BCUT2D eigenvalue weighted by atomic mass is 9.72. The number of aromatic amines is 1. The highest BCUT2D eigenvalue weighted by Gasteiger charge is 2.37. The molecule has 4 rings (SSSR count). The van der Waals surface area contributed by atoms with Crippen LogP contribution in [0.3, 0.4) is 0 Å². The van der Waals surface area contributed by atoms with Gasteiger partial charge in [0.15, 0.2) is 0 Å². The van der Waals surface area contributed by atoms with Gasteiger partial charge < -0.3 is 10.3 Å². The Balaban J connectivity index is 0.00000115. The molecule has 1 fully saturated rings. The van der Waals surface area contributed by atoms with Crippen molar-refractivity contribution in [3.63, 3.8) is 0 Å². The van der Waals surface area contributed by atoms with Crippen molar-refractivity contribution in [3.05, 3.63) is 75.6 Å². The average molecular weight is 511 g/mol. The number of alkyl halides is 2. The van der Waals surface area contributed by atoms with Crippen LogP contribution in [0, 0.1) is 16.7 Å². The Bertz CT molecular complexity index is 1260. The van der Waals surface area contributed by atoms with Gasteiger partial charge in [0.2, 0.25) is 0 Å². The molecule has 1 saturated carbocycles. The quantitative estimate of drug-likeness (QED) is 0.347. The highest BCUT2D eigenvalue weighted by molar-refractivity contribution is 6.12. The van der Waals surface area contributed by atoms with E-state index in [1.807, 2.05) is 27.7 Å². The summed E-state index contributed by atoms with van der Waals surface area (Å²) < 4.78 is 25.6. The molecule has 3 aromatic heterocycles. The van der Waals surface area contributed by atoms with Crippen LogP contribution < -0.4 is 10.9 Å². The number of H-pyrrole nitrogens is 1. The molecule has 37 heavy (non-hydrogen) atoms. The molecule has 0 amide bonds. The van der Waals surface area contributed by atoms with Gasteiger partial charge in [0.05, 0.1) is 6.04 Å². The summed E-state index contributed by atoms with van der Waals surface area (Å²) in [7, 11) is 0. The van der Waals surface area contributed by atoms with Crippen LogP contribution in [0.15, 0.2) is 41.6 Å². The van der Waals surface area contributed by atoms with E-state index in [4.69, 9.17) is 5.41 Å². The molecular formula is C26H32F2N8O. The fourth-order valence-electron chi connectivity index (χ4n) is 3.79. The number of pyridine rings is 1. The first-order valence-electron chi connectivity index (χ1n) is 12.3. The van der Waals surface area contributed by atoms with Crippen LogP contribution in [-0.2, 0) is 0 Å². The number of nitrogens with one attached hydrogen (secondary N) is 3. The highest BCUT2D eigenvalue weighted by Crippen LogP contribution is 2.46. The van der Waals surface area contributed by atoms with Gasteiger partial charge in [0.1, 0.15) is 40.5 Å². The van der Waals surface area contributed by atoms with Crippen LogP contribution in [0.1, 0.15) is 100 Å². The van der Waals surface area contributed by atoms with E-state index in [1.165, 1.54) is 18.3 Å². The highest BCUT2D eigenvalue weighted by atomic mass is 19.3. The molecule has 0 aromatic carbocycles. The first-order valence-corrected chi connectivity index (χ1v) is 12.3. The summed E-state index contributed by atoms with van der Waals surface area (Å²) in [5.41, 5.74) is -1.08. The summed E-state index contributed by atoms with van der Waals surface area (Å²) in [5, 5.41) is 20.2. The molecule has 9 nitrogen and oxygen atoms in total. The molecule has 3 unspecified atom stereocenters. The van der Waals surface area contributed by atoms with Crippen LogP contribution >= 0.6 is 0 Å². The molecular weight excluding hydrogens is 478 g/mol. The standard InChI is InChI=1S/C22H20F2N8O.2C2H6/c1-11(12-3-6-16(18(23)24)29-10-12)30-21-17(15(26)9-25)22(33)32-20(31-21)14-5-4-13(14)19-27-7-2-8-28-19;2*1-2/h2-3,6-8,10-11,13-14,18,26H,4-5H2,1H3,(H2,30,31,32,33);2*1-2H3. The van der Waals surface area contributed by atoms with E-state index in [-0.39, 0.29) is 28.9 Å². The minimum absolute atomic E-state index is 0.00742. The molecule has 0 aliphatic heterocycles. The lowest BCUT2D eigenvalue weighted by Crippen LogP contribution is -2.30. The summed E-state index contributed by atoms with van der Waals surface area (Å²) in [6.07, 6.45) is 3.58. The fourth-order valence-corrected chi connectivity index (χ4v) is 3.79. The molecule has 3 heterocycles. The monoisotopic (exact) mass is 510 g/mol. The molecule has 3 aromatic rings. The zero-order valence-corrected chi connectivity index (χ0v) is 21.6. The maximum atomic E-state index is 12.8. The Hall–Kier alpha value is -4.07. The average Bonchev–Trinajstić information content (AvgIpc) is 2.90. The van der Waals surface area contributed by atoms with E-state index in [0.717, 1.165) is 12.8 Å². The van der Waals surface area contributed by atoms with Crippen LogP contribution in [0.25, 0.3) is 0 Å². The molecule has 1 aliphatic carbocycles. The van der Waals surface area contributed by atoms with Gasteiger partial charge in [0, 0.05) is 30.4 Å². The first kappa shape index (κ1) is 29.2. The third-order valence-electron chi connectivity index (χ3n) is 5.73. The second-order valence-electron chi connectivity index (χ2n) is 7.74. The lowest BCUT2D eigenvalue weighted by molar-refractivity contribution is 0.146. The van der Waals surface area contributed by atoms with Crippen LogP contribution in [-0.4, -0.2) is 30.6 Å². The van der Waals surface area contributed by atoms with E-state index in [9.17, 15) is 18.8 Å². The van der Waals surface area contributed by atoms with E-state index in [2.05, 4.69) is 30.2 Å². The third kappa shape index (κ3) is 6.78. The van der Waals surface area contributed by atoms with Gasteiger partial charge in [-0.2, -0.15) is 5.26 Å². The summed E-state index contributed by atoms with van der Waals surface area (Å²) in [6, 6.07) is 5.65. The van der Waals surface area contributed by atoms with Gasteiger partial charge >= 0.3 is 0 Å². The predicted octanol–water partition coefficient (Wildman–Crippen LogP) is 5.67. The van der Waals surface area contributed by atoms with Crippen LogP contribution in [0.4, 0.5) is 14.6 Å². The molecule has 3 N–H and O–H groups in total. The van der Waals surface area contributed by atoms with Crippen molar-refractivity contribution in [2.75, 3.05) is 5.32 Å². The number of hydrogen-bond donors (Lipinski definition) is 3.